The molecule has 4 atom stereocenters. The van der Waals surface area contributed by atoms with Gasteiger partial charge in [-0.3, -0.25) is 19.2 Å². The van der Waals surface area contributed by atoms with Gasteiger partial charge in [-0.2, -0.15) is 0 Å². The molecule has 0 saturated carbocycles. The van der Waals surface area contributed by atoms with E-state index in [1.165, 1.54) is 24.3 Å². The average molecular weight is 571 g/mol. The molecule has 0 N–H and O–H groups in total. The Morgan fingerprint density at radius 1 is 0.789 bits per heavy atom. The van der Waals surface area contributed by atoms with Crippen LogP contribution in [0.15, 0.2) is 107 Å². The molecule has 8 heteroatoms. The van der Waals surface area contributed by atoms with Gasteiger partial charge in [-0.25, -0.2) is 9.29 Å². The number of benzene rings is 3. The summed E-state index contributed by atoms with van der Waals surface area (Å²) in [6.45, 7) is 0. The van der Waals surface area contributed by atoms with Crippen molar-refractivity contribution in [3.63, 3.8) is 0 Å². The van der Waals surface area contributed by atoms with E-state index in [0.29, 0.717) is 16.7 Å². The molecule has 3 aliphatic rings. The Hall–Kier alpha value is -4.17. The van der Waals surface area contributed by atoms with Gasteiger partial charge in [0.15, 0.2) is 11.6 Å². The summed E-state index contributed by atoms with van der Waals surface area (Å²) >= 11 is 3.37. The number of amides is 2. The lowest BCUT2D eigenvalue weighted by Crippen LogP contribution is -2.46. The van der Waals surface area contributed by atoms with E-state index in [-0.39, 0.29) is 17.3 Å². The van der Waals surface area contributed by atoms with E-state index in [1.807, 2.05) is 6.07 Å². The van der Waals surface area contributed by atoms with Crippen molar-refractivity contribution in [2.24, 2.45) is 11.8 Å². The van der Waals surface area contributed by atoms with E-state index in [9.17, 15) is 23.6 Å². The third-order valence-electron chi connectivity index (χ3n) is 7.33. The molecule has 3 aromatic rings. The zero-order chi connectivity index (χ0) is 26.6. The second-order valence-corrected chi connectivity index (χ2v) is 10.3. The number of nitrogens with zero attached hydrogens (tertiary/aromatic N) is 2. The van der Waals surface area contributed by atoms with E-state index in [2.05, 4.69) is 15.9 Å². The maximum Gasteiger partial charge on any atom is 0.240 e. The van der Waals surface area contributed by atoms with E-state index in [0.717, 1.165) is 9.37 Å². The second-order valence-electron chi connectivity index (χ2n) is 9.43. The van der Waals surface area contributed by atoms with Crippen LogP contribution >= 0.6 is 15.9 Å². The maximum atomic E-state index is 13.8. The minimum Gasteiger partial charge on any atom is -0.359 e. The van der Waals surface area contributed by atoms with Gasteiger partial charge in [0.05, 0.1) is 23.6 Å². The van der Waals surface area contributed by atoms with Gasteiger partial charge in [0.1, 0.15) is 11.9 Å². The van der Waals surface area contributed by atoms with Crippen LogP contribution in [-0.4, -0.2) is 40.4 Å². The zero-order valence-corrected chi connectivity index (χ0v) is 21.4. The number of imide groups is 1. The van der Waals surface area contributed by atoms with Gasteiger partial charge in [-0.1, -0.05) is 64.5 Å². The summed E-state index contributed by atoms with van der Waals surface area (Å²) in [7, 11) is 0. The molecule has 3 aliphatic heterocycles. The van der Waals surface area contributed by atoms with Crippen LogP contribution in [0.25, 0.3) is 0 Å². The van der Waals surface area contributed by atoms with Crippen LogP contribution in [0.5, 0.6) is 0 Å². The summed E-state index contributed by atoms with van der Waals surface area (Å²) in [6.07, 6.45) is 4.95. The summed E-state index contributed by atoms with van der Waals surface area (Å²) in [5.41, 5.74) is 1.53. The van der Waals surface area contributed by atoms with Crippen LogP contribution in [0.4, 0.5) is 10.1 Å². The smallest absolute Gasteiger partial charge is 0.240 e. The SMILES string of the molecule is O=C(C1=C[C@@H]2[C@@H]3C(=O)N(c4ccc(F)cc4)C(=O)[C@H]3[C@@H](C(=O)c3ccc(Br)cc3)N2C=C1)c1ccccc1. The molecule has 0 unspecified atom stereocenters. The third kappa shape index (κ3) is 3.83. The van der Waals surface area contributed by atoms with E-state index in [4.69, 9.17) is 0 Å². The maximum absolute atomic E-state index is 13.8. The molecule has 6 rings (SSSR count). The number of allylic oxidation sites excluding steroid dienone is 2. The van der Waals surface area contributed by atoms with Crippen molar-refractivity contribution >= 4 is 45.0 Å². The number of rotatable bonds is 5. The minimum atomic E-state index is -0.972. The number of ketones is 2. The highest BCUT2D eigenvalue weighted by molar-refractivity contribution is 9.10. The number of hydrogen-bond acceptors (Lipinski definition) is 5. The van der Waals surface area contributed by atoms with Crippen molar-refractivity contribution in [1.82, 2.24) is 4.90 Å². The quantitative estimate of drug-likeness (QED) is 0.320. The second kappa shape index (κ2) is 9.29. The predicted molar refractivity (Wildman–Crippen MR) is 142 cm³/mol. The molecule has 0 aromatic heterocycles. The monoisotopic (exact) mass is 570 g/mol. The van der Waals surface area contributed by atoms with Crippen molar-refractivity contribution < 1.29 is 23.6 Å². The normalized spacial score (nSPS) is 23.8. The van der Waals surface area contributed by atoms with Gasteiger partial charge in [0.25, 0.3) is 0 Å². The molecule has 2 amide bonds. The number of Topliss-reactive ketones (excluding diaryl/α,β-unsaturated/α-hetero) is 2. The molecule has 188 valence electrons. The van der Waals surface area contributed by atoms with Crippen LogP contribution in [-0.2, 0) is 9.59 Å². The molecule has 3 heterocycles. The molecule has 0 bridgehead atoms. The Bertz CT molecular complexity index is 1530. The van der Waals surface area contributed by atoms with Crippen LogP contribution in [0, 0.1) is 17.7 Å². The first-order valence-corrected chi connectivity index (χ1v) is 12.8. The molecular formula is C30H20BrFN2O4. The highest BCUT2D eigenvalue weighted by Crippen LogP contribution is 2.47. The van der Waals surface area contributed by atoms with Gasteiger partial charge >= 0.3 is 0 Å². The van der Waals surface area contributed by atoms with Crippen molar-refractivity contribution in [1.29, 1.82) is 0 Å². The third-order valence-corrected chi connectivity index (χ3v) is 7.86. The Morgan fingerprint density at radius 3 is 2.13 bits per heavy atom. The molecule has 2 saturated heterocycles. The molecule has 0 radical (unpaired) electrons. The fraction of sp³-hybridized carbons (Fsp3) is 0.133. The first kappa shape index (κ1) is 24.2. The van der Waals surface area contributed by atoms with Gasteiger partial charge in [-0.05, 0) is 42.5 Å². The lowest BCUT2D eigenvalue weighted by Gasteiger charge is -2.32. The predicted octanol–water partition coefficient (Wildman–Crippen LogP) is 4.97. The lowest BCUT2D eigenvalue weighted by molar-refractivity contribution is -0.123. The highest BCUT2D eigenvalue weighted by Gasteiger charge is 2.63. The van der Waals surface area contributed by atoms with Crippen LogP contribution in [0.2, 0.25) is 0 Å². The average Bonchev–Trinajstić information content (AvgIpc) is 3.41. The topological polar surface area (TPSA) is 74.8 Å². The molecule has 3 aromatic carbocycles. The number of carbonyl (C=O) groups excluding carboxylic acids is 4. The minimum absolute atomic E-state index is 0.215. The Balaban J connectivity index is 1.43. The Labute approximate surface area is 226 Å². The molecule has 6 nitrogen and oxygen atoms in total. The Kier molecular flexibility index (Phi) is 5.91. The highest BCUT2D eigenvalue weighted by atomic mass is 79.9. The van der Waals surface area contributed by atoms with Gasteiger partial charge < -0.3 is 4.90 Å². The lowest BCUT2D eigenvalue weighted by atomic mass is 9.85. The summed E-state index contributed by atoms with van der Waals surface area (Å²) in [6, 6.07) is 19.1. The number of carbonyl (C=O) groups is 4. The fourth-order valence-electron chi connectivity index (χ4n) is 5.58. The molecule has 0 spiro atoms. The van der Waals surface area contributed by atoms with Crippen molar-refractivity contribution in [3.05, 3.63) is 124 Å². The van der Waals surface area contributed by atoms with Gasteiger partial charge in [-0.15, -0.1) is 0 Å². The number of halogens is 2. The summed E-state index contributed by atoms with van der Waals surface area (Å²) in [5.74, 6) is -3.87. The van der Waals surface area contributed by atoms with Gasteiger partial charge in [0, 0.05) is 27.4 Å². The van der Waals surface area contributed by atoms with Crippen LogP contribution in [0.1, 0.15) is 20.7 Å². The molecule has 2 fully saturated rings. The van der Waals surface area contributed by atoms with E-state index in [1.54, 1.807) is 71.8 Å². The number of hydrogen-bond donors (Lipinski definition) is 0. The standard InChI is InChI=1S/C30H20BrFN2O4/c31-20-8-6-18(7-9-20)28(36)26-25-24(29(37)34(30(25)38)22-12-10-21(32)11-13-22)23-16-19(14-15-33(23)26)27(35)17-4-2-1-3-5-17/h1-16,23-26H/t23-,24+,25-,26+/m1/s1. The van der Waals surface area contributed by atoms with Crippen molar-refractivity contribution in [2.75, 3.05) is 4.90 Å². The molecule has 0 aliphatic carbocycles. The van der Waals surface area contributed by atoms with Crippen molar-refractivity contribution in [3.8, 4) is 0 Å². The number of anilines is 1. The van der Waals surface area contributed by atoms with E-state index < -0.39 is 41.6 Å². The van der Waals surface area contributed by atoms with Gasteiger partial charge in [0.2, 0.25) is 11.8 Å². The molecule has 38 heavy (non-hydrogen) atoms. The van der Waals surface area contributed by atoms with Crippen LogP contribution in [0.3, 0.4) is 0 Å². The summed E-state index contributed by atoms with van der Waals surface area (Å²) in [4.78, 5) is 57.3. The number of fused-ring (bicyclic) bond motifs is 3. The largest absolute Gasteiger partial charge is 0.359 e. The van der Waals surface area contributed by atoms with Crippen LogP contribution < -0.4 is 4.90 Å². The fourth-order valence-corrected chi connectivity index (χ4v) is 5.85. The van der Waals surface area contributed by atoms with E-state index >= 15 is 0 Å². The first-order chi connectivity index (χ1) is 18.3. The summed E-state index contributed by atoms with van der Waals surface area (Å²) in [5, 5.41) is 0. The first-order valence-electron chi connectivity index (χ1n) is 12.1. The zero-order valence-electron chi connectivity index (χ0n) is 19.8. The molecular weight excluding hydrogens is 551 g/mol. The summed E-state index contributed by atoms with van der Waals surface area (Å²) < 4.78 is 14.4. The van der Waals surface area contributed by atoms with Crippen molar-refractivity contribution in [2.45, 2.75) is 12.1 Å². The Morgan fingerprint density at radius 2 is 1.45 bits per heavy atom.